The molecule has 0 aliphatic rings. The van der Waals surface area contributed by atoms with E-state index in [-0.39, 0.29) is 5.58 Å². The van der Waals surface area contributed by atoms with E-state index >= 15 is 0 Å². The fraction of sp³-hybridized carbons (Fsp3) is 0.0625. The minimum absolute atomic E-state index is 0.240. The van der Waals surface area contributed by atoms with Gasteiger partial charge in [-0.1, -0.05) is 35.9 Å². The zero-order valence-corrected chi connectivity index (χ0v) is 12.4. The number of para-hydroxylation sites is 1. The van der Waals surface area contributed by atoms with Crippen LogP contribution in [0.1, 0.15) is 12.5 Å². The summed E-state index contributed by atoms with van der Waals surface area (Å²) in [4.78, 5) is 24.3. The van der Waals surface area contributed by atoms with Crippen molar-refractivity contribution in [1.82, 2.24) is 4.68 Å². The van der Waals surface area contributed by atoms with Crippen molar-refractivity contribution in [3.63, 3.8) is 0 Å². The molecule has 0 aliphatic carbocycles. The number of aromatic nitrogens is 1. The van der Waals surface area contributed by atoms with Gasteiger partial charge in [0.25, 0.3) is 5.56 Å². The lowest BCUT2D eigenvalue weighted by Crippen LogP contribution is -2.30. The summed E-state index contributed by atoms with van der Waals surface area (Å²) in [6, 6.07) is 13.5. The lowest BCUT2D eigenvalue weighted by atomic mass is 10.1. The highest BCUT2D eigenvalue weighted by atomic mass is 35.5. The predicted octanol–water partition coefficient (Wildman–Crippen LogP) is 2.88. The molecule has 0 saturated heterocycles. The topological polar surface area (TPSA) is 64.6 Å². The van der Waals surface area contributed by atoms with Crippen LogP contribution in [0.3, 0.4) is 0 Å². The van der Waals surface area contributed by atoms with E-state index in [1.165, 1.54) is 0 Å². The molecular weight excluding hydrogens is 304 g/mol. The van der Waals surface area contributed by atoms with Crippen molar-refractivity contribution in [2.24, 2.45) is 5.10 Å². The van der Waals surface area contributed by atoms with Crippen molar-refractivity contribution < 1.29 is 4.42 Å². The summed E-state index contributed by atoms with van der Waals surface area (Å²) in [7, 11) is 0. The van der Waals surface area contributed by atoms with E-state index in [1.807, 2.05) is 0 Å². The fourth-order valence-corrected chi connectivity index (χ4v) is 2.26. The van der Waals surface area contributed by atoms with Crippen molar-refractivity contribution in [3.8, 4) is 0 Å². The van der Waals surface area contributed by atoms with Gasteiger partial charge in [0, 0.05) is 5.02 Å². The molecule has 6 heteroatoms. The molecule has 0 unspecified atom stereocenters. The zero-order valence-electron chi connectivity index (χ0n) is 11.6. The van der Waals surface area contributed by atoms with Gasteiger partial charge in [-0.15, -0.1) is 4.68 Å². The first kappa shape index (κ1) is 14.3. The predicted molar refractivity (Wildman–Crippen MR) is 85.8 cm³/mol. The van der Waals surface area contributed by atoms with Crippen molar-refractivity contribution in [2.45, 2.75) is 6.92 Å². The molecule has 0 radical (unpaired) electrons. The molecule has 0 N–H and O–H groups in total. The highest BCUT2D eigenvalue weighted by molar-refractivity contribution is 6.31. The maximum absolute atomic E-state index is 12.4. The van der Waals surface area contributed by atoms with E-state index < -0.39 is 11.3 Å². The second-order valence-electron chi connectivity index (χ2n) is 4.68. The van der Waals surface area contributed by atoms with Gasteiger partial charge in [-0.3, -0.25) is 4.79 Å². The highest BCUT2D eigenvalue weighted by Crippen LogP contribution is 2.11. The first-order valence-corrected chi connectivity index (χ1v) is 6.90. The number of benzene rings is 2. The van der Waals surface area contributed by atoms with Gasteiger partial charge in [-0.25, -0.2) is 4.79 Å². The lowest BCUT2D eigenvalue weighted by molar-refractivity contribution is 0.480. The highest BCUT2D eigenvalue weighted by Gasteiger charge is 2.09. The van der Waals surface area contributed by atoms with Crippen LogP contribution in [-0.2, 0) is 0 Å². The number of hydrogen-bond acceptors (Lipinski definition) is 4. The van der Waals surface area contributed by atoms with Crippen LogP contribution < -0.4 is 11.3 Å². The van der Waals surface area contributed by atoms with Crippen molar-refractivity contribution in [1.29, 1.82) is 0 Å². The van der Waals surface area contributed by atoms with E-state index in [4.69, 9.17) is 16.0 Å². The minimum atomic E-state index is -0.829. The van der Waals surface area contributed by atoms with Crippen LogP contribution in [0.4, 0.5) is 0 Å². The third-order valence-electron chi connectivity index (χ3n) is 3.17. The van der Waals surface area contributed by atoms with Gasteiger partial charge in [-0.05, 0) is 36.8 Å². The van der Waals surface area contributed by atoms with Gasteiger partial charge >= 0.3 is 5.76 Å². The van der Waals surface area contributed by atoms with Gasteiger partial charge in [0.15, 0.2) is 0 Å². The molecular formula is C16H11ClN2O3. The van der Waals surface area contributed by atoms with Crippen LogP contribution in [0.2, 0.25) is 5.02 Å². The molecule has 3 aromatic rings. The second-order valence-corrected chi connectivity index (χ2v) is 5.11. The average Bonchev–Trinajstić information content (AvgIpc) is 2.51. The number of hydrogen-bond donors (Lipinski definition) is 0. The van der Waals surface area contributed by atoms with Gasteiger partial charge in [0.2, 0.25) is 0 Å². The molecule has 3 rings (SSSR count). The smallest absolute Gasteiger partial charge is 0.408 e. The van der Waals surface area contributed by atoms with Crippen LogP contribution >= 0.6 is 11.6 Å². The summed E-state index contributed by atoms with van der Waals surface area (Å²) in [6.45, 7) is 1.69. The molecule has 0 atom stereocenters. The van der Waals surface area contributed by atoms with Crippen LogP contribution in [0.25, 0.3) is 11.0 Å². The molecule has 2 aromatic carbocycles. The SMILES string of the molecule is C/C(=N\n1c(=O)oc2ccccc2c1=O)c1cccc(Cl)c1. The van der Waals surface area contributed by atoms with Gasteiger partial charge in [0.1, 0.15) is 5.58 Å². The first-order valence-electron chi connectivity index (χ1n) is 6.53. The van der Waals surface area contributed by atoms with Crippen molar-refractivity contribution in [3.05, 3.63) is 80.0 Å². The Hall–Kier alpha value is -2.66. The van der Waals surface area contributed by atoms with Crippen LogP contribution in [0, 0.1) is 0 Å². The monoisotopic (exact) mass is 314 g/mol. The standard InChI is InChI=1S/C16H11ClN2O3/c1-10(11-5-4-6-12(17)9-11)18-19-15(20)13-7-2-3-8-14(13)22-16(19)21/h2-9H,1H3/b18-10+. The van der Waals surface area contributed by atoms with E-state index in [0.29, 0.717) is 21.7 Å². The summed E-state index contributed by atoms with van der Waals surface area (Å²) in [6.07, 6.45) is 0. The number of rotatable bonds is 2. The zero-order chi connectivity index (χ0) is 15.7. The number of halogens is 1. The van der Waals surface area contributed by atoms with Gasteiger partial charge in [-0.2, -0.15) is 5.10 Å². The largest absolute Gasteiger partial charge is 0.443 e. The third-order valence-corrected chi connectivity index (χ3v) is 3.41. The van der Waals surface area contributed by atoms with E-state index in [9.17, 15) is 9.59 Å². The van der Waals surface area contributed by atoms with E-state index in [1.54, 1.807) is 55.5 Å². The summed E-state index contributed by atoms with van der Waals surface area (Å²) >= 11 is 5.93. The molecule has 0 aliphatic heterocycles. The molecule has 5 nitrogen and oxygen atoms in total. The Morgan fingerprint density at radius 3 is 2.68 bits per heavy atom. The Morgan fingerprint density at radius 2 is 1.91 bits per heavy atom. The van der Waals surface area contributed by atoms with E-state index in [0.717, 1.165) is 4.68 Å². The Bertz CT molecular complexity index is 1000. The normalized spacial score (nSPS) is 11.8. The molecule has 0 amide bonds. The third kappa shape index (κ3) is 2.58. The summed E-state index contributed by atoms with van der Waals surface area (Å²) in [5, 5.41) is 4.92. The van der Waals surface area contributed by atoms with Crippen molar-refractivity contribution in [2.75, 3.05) is 0 Å². The fourth-order valence-electron chi connectivity index (χ4n) is 2.07. The van der Waals surface area contributed by atoms with E-state index in [2.05, 4.69) is 5.10 Å². The quantitative estimate of drug-likeness (QED) is 0.683. The van der Waals surface area contributed by atoms with Gasteiger partial charge < -0.3 is 4.42 Å². The van der Waals surface area contributed by atoms with Gasteiger partial charge in [0.05, 0.1) is 11.1 Å². The molecule has 1 heterocycles. The second kappa shape index (κ2) is 5.61. The summed E-state index contributed by atoms with van der Waals surface area (Å²) in [5.41, 5.74) is 0.914. The Labute approximate surface area is 130 Å². The maximum Gasteiger partial charge on any atom is 0.443 e. The van der Waals surface area contributed by atoms with Crippen LogP contribution in [0.5, 0.6) is 0 Å². The number of nitrogens with zero attached hydrogens (tertiary/aromatic N) is 2. The van der Waals surface area contributed by atoms with Crippen molar-refractivity contribution >= 4 is 28.3 Å². The molecule has 0 fully saturated rings. The maximum atomic E-state index is 12.4. The lowest BCUT2D eigenvalue weighted by Gasteiger charge is -2.03. The number of fused-ring (bicyclic) bond motifs is 1. The van der Waals surface area contributed by atoms with Crippen LogP contribution in [0.15, 0.2) is 67.6 Å². The molecule has 0 spiro atoms. The molecule has 0 saturated carbocycles. The molecule has 110 valence electrons. The summed E-state index contributed by atoms with van der Waals surface area (Å²) in [5.74, 6) is -0.829. The Morgan fingerprint density at radius 1 is 1.14 bits per heavy atom. The average molecular weight is 315 g/mol. The first-order chi connectivity index (χ1) is 10.6. The minimum Gasteiger partial charge on any atom is -0.408 e. The molecule has 1 aromatic heterocycles. The summed E-state index contributed by atoms with van der Waals surface area (Å²) < 4.78 is 5.83. The van der Waals surface area contributed by atoms with Crippen LogP contribution in [-0.4, -0.2) is 10.4 Å². The molecule has 0 bridgehead atoms. The molecule has 22 heavy (non-hydrogen) atoms. The Balaban J connectivity index is 2.20. The Kier molecular flexibility index (Phi) is 3.65.